The lowest BCUT2D eigenvalue weighted by Crippen LogP contribution is -2.56. The van der Waals surface area contributed by atoms with Gasteiger partial charge in [0.25, 0.3) is 0 Å². The van der Waals surface area contributed by atoms with E-state index in [4.69, 9.17) is 0 Å². The first kappa shape index (κ1) is 19.1. The highest BCUT2D eigenvalue weighted by molar-refractivity contribution is 5.88. The lowest BCUT2D eigenvalue weighted by molar-refractivity contribution is -0.134. The summed E-state index contributed by atoms with van der Waals surface area (Å²) in [6.07, 6.45) is 0.117. The molecule has 8 nitrogen and oxygen atoms in total. The molecule has 1 aromatic heterocycles. The zero-order chi connectivity index (χ0) is 20.2. The molecule has 0 bridgehead atoms. The van der Waals surface area contributed by atoms with E-state index >= 15 is 0 Å². The predicted octanol–water partition coefficient (Wildman–Crippen LogP) is 1.54. The average Bonchev–Trinajstić information content (AvgIpc) is 3.18. The zero-order valence-electron chi connectivity index (χ0n) is 16.2. The molecule has 1 fully saturated rings. The number of benzene rings is 2. The third-order valence-electron chi connectivity index (χ3n) is 5.26. The van der Waals surface area contributed by atoms with Gasteiger partial charge >= 0.3 is 0 Å². The molecular weight excluding hydrogens is 370 g/mol. The van der Waals surface area contributed by atoms with Crippen LogP contribution in [0.15, 0.2) is 47.1 Å². The Morgan fingerprint density at radius 1 is 1.24 bits per heavy atom. The summed E-state index contributed by atoms with van der Waals surface area (Å²) in [7, 11) is 0. The number of fused-ring (bicyclic) bond motifs is 1. The second-order valence-corrected chi connectivity index (χ2v) is 7.27. The lowest BCUT2D eigenvalue weighted by atomic mass is 10.0. The van der Waals surface area contributed by atoms with Crippen molar-refractivity contribution in [3.05, 3.63) is 59.2 Å². The first-order valence-electron chi connectivity index (χ1n) is 9.64. The van der Waals surface area contributed by atoms with Crippen molar-refractivity contribution in [3.8, 4) is 0 Å². The molecule has 2 heterocycles. The van der Waals surface area contributed by atoms with E-state index in [1.165, 1.54) is 11.1 Å². The fraction of sp³-hybridized carbons (Fsp3) is 0.333. The molecule has 1 saturated heterocycles. The summed E-state index contributed by atoms with van der Waals surface area (Å²) in [4.78, 5) is 27.1. The Hall–Kier alpha value is -3.26. The molecule has 0 radical (unpaired) electrons. The van der Waals surface area contributed by atoms with Gasteiger partial charge in [0.1, 0.15) is 11.0 Å². The Labute approximate surface area is 168 Å². The second kappa shape index (κ2) is 8.40. The maximum Gasteiger partial charge on any atom is 0.237 e. The van der Waals surface area contributed by atoms with E-state index in [-0.39, 0.29) is 18.2 Å². The van der Waals surface area contributed by atoms with Crippen LogP contribution >= 0.6 is 0 Å². The summed E-state index contributed by atoms with van der Waals surface area (Å²) in [5, 5.41) is 13.3. The maximum absolute atomic E-state index is 12.5. The fourth-order valence-electron chi connectivity index (χ4n) is 3.57. The summed E-state index contributed by atoms with van der Waals surface area (Å²) < 4.78 is 4.69. The summed E-state index contributed by atoms with van der Waals surface area (Å²) in [5.41, 5.74) is 4.56. The van der Waals surface area contributed by atoms with E-state index in [0.717, 1.165) is 5.56 Å². The smallest absolute Gasteiger partial charge is 0.237 e. The van der Waals surface area contributed by atoms with Crippen molar-refractivity contribution in [3.63, 3.8) is 0 Å². The van der Waals surface area contributed by atoms with E-state index < -0.39 is 6.04 Å². The van der Waals surface area contributed by atoms with Crippen molar-refractivity contribution >= 4 is 22.8 Å². The van der Waals surface area contributed by atoms with Crippen LogP contribution in [0.25, 0.3) is 11.0 Å². The van der Waals surface area contributed by atoms with Gasteiger partial charge in [0.05, 0.1) is 12.5 Å². The lowest BCUT2D eigenvalue weighted by Gasteiger charge is -2.35. The van der Waals surface area contributed by atoms with Gasteiger partial charge in [-0.1, -0.05) is 30.3 Å². The molecule has 1 unspecified atom stereocenters. The molecular formula is C21H23N5O3. The summed E-state index contributed by atoms with van der Waals surface area (Å²) in [5.74, 6) is -0.268. The Balaban J connectivity index is 1.38. The Bertz CT molecular complexity index is 1030. The highest BCUT2D eigenvalue weighted by Crippen LogP contribution is 2.17. The molecule has 29 heavy (non-hydrogen) atoms. The highest BCUT2D eigenvalue weighted by atomic mass is 16.6. The number of hydrogen-bond donors (Lipinski definition) is 2. The average molecular weight is 393 g/mol. The normalized spacial score (nSPS) is 17.3. The first-order chi connectivity index (χ1) is 14.1. The van der Waals surface area contributed by atoms with Crippen LogP contribution in [-0.4, -0.2) is 46.2 Å². The molecule has 1 aliphatic rings. The van der Waals surface area contributed by atoms with Gasteiger partial charge in [-0.05, 0) is 46.1 Å². The van der Waals surface area contributed by atoms with Gasteiger partial charge in [0.15, 0.2) is 0 Å². The van der Waals surface area contributed by atoms with Gasteiger partial charge in [-0.15, -0.1) is 0 Å². The molecule has 0 spiro atoms. The number of rotatable bonds is 6. The number of piperazine rings is 1. The number of hydrogen-bond acceptors (Lipinski definition) is 6. The van der Waals surface area contributed by atoms with Crippen molar-refractivity contribution in [1.82, 2.24) is 25.8 Å². The summed E-state index contributed by atoms with van der Waals surface area (Å²) in [6, 6.07) is 13.1. The van der Waals surface area contributed by atoms with Gasteiger partial charge in [0.2, 0.25) is 11.8 Å². The number of carbonyl (C=O) groups is 2. The SMILES string of the molecule is Cc1ccccc1CN1CCNC(=O)C1CC(=O)NCc1ccc2nonc2c1. The molecule has 2 N–H and O–H groups in total. The van der Waals surface area contributed by atoms with Crippen molar-refractivity contribution in [1.29, 1.82) is 0 Å². The zero-order valence-corrected chi connectivity index (χ0v) is 16.2. The van der Waals surface area contributed by atoms with Crippen LogP contribution in [-0.2, 0) is 22.7 Å². The molecule has 2 amide bonds. The number of amides is 2. The van der Waals surface area contributed by atoms with Crippen LogP contribution in [0.3, 0.4) is 0 Å². The van der Waals surface area contributed by atoms with Crippen LogP contribution in [0.4, 0.5) is 0 Å². The number of nitrogens with zero attached hydrogens (tertiary/aromatic N) is 3. The van der Waals surface area contributed by atoms with Crippen molar-refractivity contribution in [2.24, 2.45) is 0 Å². The van der Waals surface area contributed by atoms with E-state index in [0.29, 0.717) is 37.2 Å². The van der Waals surface area contributed by atoms with Crippen molar-refractivity contribution < 1.29 is 14.2 Å². The van der Waals surface area contributed by atoms with Crippen LogP contribution in [0.1, 0.15) is 23.1 Å². The highest BCUT2D eigenvalue weighted by Gasteiger charge is 2.31. The minimum absolute atomic E-state index is 0.102. The number of carbonyl (C=O) groups excluding carboxylic acids is 2. The van der Waals surface area contributed by atoms with E-state index in [2.05, 4.69) is 49.5 Å². The standard InChI is InChI=1S/C21H23N5O3/c1-14-4-2-3-5-16(14)13-26-9-8-22-21(28)19(26)11-20(27)23-12-15-6-7-17-18(10-15)25-29-24-17/h2-7,10,19H,8-9,11-13H2,1H3,(H,22,28)(H,23,27). The number of aromatic nitrogens is 2. The third kappa shape index (κ3) is 4.43. The molecule has 2 aromatic carbocycles. The Morgan fingerprint density at radius 3 is 2.93 bits per heavy atom. The van der Waals surface area contributed by atoms with Gasteiger partial charge in [0, 0.05) is 26.2 Å². The fourth-order valence-corrected chi connectivity index (χ4v) is 3.57. The molecule has 3 aromatic rings. The van der Waals surface area contributed by atoms with E-state index in [9.17, 15) is 9.59 Å². The predicted molar refractivity (Wildman–Crippen MR) is 107 cm³/mol. The number of nitrogens with one attached hydrogen (secondary N) is 2. The van der Waals surface area contributed by atoms with Crippen molar-refractivity contribution in [2.45, 2.75) is 32.5 Å². The molecule has 1 atom stereocenters. The Kier molecular flexibility index (Phi) is 5.53. The first-order valence-corrected chi connectivity index (χ1v) is 9.64. The minimum Gasteiger partial charge on any atom is -0.353 e. The van der Waals surface area contributed by atoms with Crippen LogP contribution in [0, 0.1) is 6.92 Å². The van der Waals surface area contributed by atoms with E-state index in [1.807, 2.05) is 24.3 Å². The third-order valence-corrected chi connectivity index (χ3v) is 5.26. The van der Waals surface area contributed by atoms with Crippen molar-refractivity contribution in [2.75, 3.05) is 13.1 Å². The number of aryl methyl sites for hydroxylation is 1. The molecule has 0 saturated carbocycles. The van der Waals surface area contributed by atoms with Gasteiger partial charge in [-0.25, -0.2) is 4.63 Å². The minimum atomic E-state index is -0.481. The van der Waals surface area contributed by atoms with Gasteiger partial charge in [-0.2, -0.15) is 0 Å². The molecule has 4 rings (SSSR count). The quantitative estimate of drug-likeness (QED) is 0.659. The van der Waals surface area contributed by atoms with Crippen LogP contribution in [0.2, 0.25) is 0 Å². The molecule has 0 aliphatic carbocycles. The topological polar surface area (TPSA) is 100 Å². The monoisotopic (exact) mass is 393 g/mol. The molecule has 1 aliphatic heterocycles. The second-order valence-electron chi connectivity index (χ2n) is 7.27. The van der Waals surface area contributed by atoms with E-state index in [1.54, 1.807) is 6.07 Å². The summed E-state index contributed by atoms with van der Waals surface area (Å²) >= 11 is 0. The molecule has 8 heteroatoms. The van der Waals surface area contributed by atoms with Crippen LogP contribution < -0.4 is 10.6 Å². The largest absolute Gasteiger partial charge is 0.353 e. The summed E-state index contributed by atoms with van der Waals surface area (Å²) in [6.45, 7) is 4.37. The maximum atomic E-state index is 12.5. The Morgan fingerprint density at radius 2 is 2.07 bits per heavy atom. The van der Waals surface area contributed by atoms with Crippen LogP contribution in [0.5, 0.6) is 0 Å². The van der Waals surface area contributed by atoms with Gasteiger partial charge in [-0.3, -0.25) is 14.5 Å². The molecule has 150 valence electrons. The van der Waals surface area contributed by atoms with Gasteiger partial charge < -0.3 is 10.6 Å².